The van der Waals surface area contributed by atoms with E-state index in [1.54, 1.807) is 18.3 Å². The minimum atomic E-state index is -0.644. The van der Waals surface area contributed by atoms with Gasteiger partial charge in [-0.2, -0.15) is 0 Å². The van der Waals surface area contributed by atoms with E-state index in [4.69, 9.17) is 21.2 Å². The summed E-state index contributed by atoms with van der Waals surface area (Å²) in [6.07, 6.45) is 6.76. The molecule has 1 unspecified atom stereocenters. The van der Waals surface area contributed by atoms with Crippen molar-refractivity contribution >= 4 is 35.3 Å². The highest BCUT2D eigenvalue weighted by molar-refractivity contribution is 6.33. The Kier molecular flexibility index (Phi) is 8.98. The molecule has 0 radical (unpaired) electrons. The van der Waals surface area contributed by atoms with Crippen LogP contribution in [-0.4, -0.2) is 41.8 Å². The lowest BCUT2D eigenvalue weighted by molar-refractivity contribution is -0.198. The lowest BCUT2D eigenvalue weighted by Crippen LogP contribution is -2.48. The van der Waals surface area contributed by atoms with Gasteiger partial charge in [-0.05, 0) is 68.7 Å². The third-order valence-electron chi connectivity index (χ3n) is 4.97. The van der Waals surface area contributed by atoms with Gasteiger partial charge in [0.05, 0.1) is 10.6 Å². The van der Waals surface area contributed by atoms with E-state index >= 15 is 0 Å². The molecule has 3 N–H and O–H groups in total. The van der Waals surface area contributed by atoms with Crippen molar-refractivity contribution in [3.63, 3.8) is 0 Å². The molecule has 10 heteroatoms. The van der Waals surface area contributed by atoms with E-state index in [1.807, 2.05) is 13.8 Å². The van der Waals surface area contributed by atoms with Gasteiger partial charge in [0.1, 0.15) is 11.6 Å². The minimum Gasteiger partial charge on any atom is -0.367 e. The summed E-state index contributed by atoms with van der Waals surface area (Å²) < 4.78 is 18.4. The minimum absolute atomic E-state index is 0.316. The number of carbonyl (C=O) groups excluding carboxylic acids is 2. The Hall–Kier alpha value is -3.01. The first-order valence-electron chi connectivity index (χ1n) is 10.9. The number of hydrogen-bond donors (Lipinski definition) is 3. The fourth-order valence-electron chi connectivity index (χ4n) is 3.14. The Morgan fingerprint density at radius 1 is 1.29 bits per heavy atom. The van der Waals surface area contributed by atoms with Gasteiger partial charge < -0.3 is 15.4 Å². The summed E-state index contributed by atoms with van der Waals surface area (Å²) in [5.74, 6) is -0.709. The van der Waals surface area contributed by atoms with Gasteiger partial charge in [-0.15, -0.1) is 0 Å². The Morgan fingerprint density at radius 2 is 2.06 bits per heavy atom. The molecule has 1 aliphatic rings. The number of amides is 2. The lowest BCUT2D eigenvalue weighted by atomic mass is 10.0. The molecule has 34 heavy (non-hydrogen) atoms. The maximum absolute atomic E-state index is 13.1. The predicted molar refractivity (Wildman–Crippen MR) is 128 cm³/mol. The summed E-state index contributed by atoms with van der Waals surface area (Å²) in [4.78, 5) is 33.9. The van der Waals surface area contributed by atoms with Gasteiger partial charge in [0.2, 0.25) is 0 Å². The van der Waals surface area contributed by atoms with Crippen molar-refractivity contribution < 1.29 is 23.6 Å². The number of hydroxylamine groups is 1. The first-order chi connectivity index (χ1) is 16.2. The zero-order valence-corrected chi connectivity index (χ0v) is 19.8. The number of carbonyl (C=O) groups is 2. The standard InChI is InChI=1S/C24H28ClFN4O4/c1-24(2,29-23(32)17-7-9-18(26)10-8-17)15-28-22-19(25)13-16(14-27-22)6-11-20(31)30-34-21-5-3-4-12-33-21/h6-11,13-14,21H,3-5,12,15H2,1-2H3,(H,27,28)(H,29,32)(H,30,31)/b11-6+. The highest BCUT2D eigenvalue weighted by atomic mass is 35.5. The van der Waals surface area contributed by atoms with Crippen molar-refractivity contribution in [1.29, 1.82) is 0 Å². The van der Waals surface area contributed by atoms with Crippen LogP contribution in [0.5, 0.6) is 0 Å². The van der Waals surface area contributed by atoms with Crippen LogP contribution < -0.4 is 16.1 Å². The Bertz CT molecular complexity index is 1020. The fraction of sp³-hybridized carbons (Fsp3) is 0.375. The van der Waals surface area contributed by atoms with Gasteiger partial charge >= 0.3 is 0 Å². The lowest BCUT2D eigenvalue weighted by Gasteiger charge is -2.27. The van der Waals surface area contributed by atoms with Gasteiger partial charge in [-0.1, -0.05) is 11.6 Å². The van der Waals surface area contributed by atoms with Gasteiger partial charge in [-0.25, -0.2) is 19.7 Å². The number of benzene rings is 1. The van der Waals surface area contributed by atoms with Crippen LogP contribution in [0.15, 0.2) is 42.6 Å². The molecule has 1 fully saturated rings. The smallest absolute Gasteiger partial charge is 0.267 e. The van der Waals surface area contributed by atoms with Crippen molar-refractivity contribution in [3.05, 3.63) is 64.6 Å². The molecule has 3 rings (SSSR count). The number of rotatable bonds is 9. The van der Waals surface area contributed by atoms with Crippen LogP contribution in [0.3, 0.4) is 0 Å². The van der Waals surface area contributed by atoms with Crippen molar-refractivity contribution in [2.75, 3.05) is 18.5 Å². The first kappa shape index (κ1) is 25.6. The zero-order chi connectivity index (χ0) is 24.6. The van der Waals surface area contributed by atoms with E-state index in [-0.39, 0.29) is 5.91 Å². The summed E-state index contributed by atoms with van der Waals surface area (Å²) in [6.45, 7) is 4.64. The average molecular weight is 491 g/mol. The van der Waals surface area contributed by atoms with Gasteiger partial charge in [0.25, 0.3) is 11.8 Å². The molecule has 1 aromatic carbocycles. The maximum atomic E-state index is 13.1. The Morgan fingerprint density at radius 3 is 2.74 bits per heavy atom. The van der Waals surface area contributed by atoms with E-state index < -0.39 is 23.6 Å². The third kappa shape index (κ3) is 8.09. The number of nitrogens with one attached hydrogen (secondary N) is 3. The largest absolute Gasteiger partial charge is 0.367 e. The van der Waals surface area contributed by atoms with Gasteiger partial charge in [-0.3, -0.25) is 9.59 Å². The highest BCUT2D eigenvalue weighted by Gasteiger charge is 2.22. The molecular weight excluding hydrogens is 463 g/mol. The van der Waals surface area contributed by atoms with Crippen molar-refractivity contribution in [3.8, 4) is 0 Å². The molecule has 2 aromatic rings. The molecule has 0 saturated carbocycles. The van der Waals surface area contributed by atoms with E-state index in [2.05, 4.69) is 21.1 Å². The fourth-order valence-corrected chi connectivity index (χ4v) is 3.38. The van der Waals surface area contributed by atoms with Crippen LogP contribution in [0, 0.1) is 5.82 Å². The Balaban J connectivity index is 1.49. The molecule has 1 saturated heterocycles. The van der Waals surface area contributed by atoms with Crippen LogP contribution in [0.25, 0.3) is 6.08 Å². The number of hydrogen-bond acceptors (Lipinski definition) is 6. The molecule has 182 valence electrons. The normalized spacial score (nSPS) is 16.3. The summed E-state index contributed by atoms with van der Waals surface area (Å²) in [5.41, 5.74) is 2.69. The first-order valence-corrected chi connectivity index (χ1v) is 11.3. The Labute approximate surface area is 202 Å². The molecule has 1 aliphatic heterocycles. The molecule has 2 heterocycles. The van der Waals surface area contributed by atoms with E-state index in [9.17, 15) is 14.0 Å². The van der Waals surface area contributed by atoms with E-state index in [0.717, 1.165) is 19.3 Å². The van der Waals surface area contributed by atoms with Crippen molar-refractivity contribution in [1.82, 2.24) is 15.8 Å². The second kappa shape index (κ2) is 11.9. The summed E-state index contributed by atoms with van der Waals surface area (Å²) in [6, 6.07) is 6.99. The monoisotopic (exact) mass is 490 g/mol. The topological polar surface area (TPSA) is 102 Å². The molecule has 0 spiro atoms. The number of halogens is 2. The number of ether oxygens (including phenoxy) is 1. The molecule has 0 bridgehead atoms. The number of pyridine rings is 1. The van der Waals surface area contributed by atoms with Gasteiger partial charge in [0, 0.05) is 37.4 Å². The van der Waals surface area contributed by atoms with Crippen molar-refractivity contribution in [2.24, 2.45) is 0 Å². The van der Waals surface area contributed by atoms with Crippen molar-refractivity contribution in [2.45, 2.75) is 44.9 Å². The number of nitrogens with zero attached hydrogens (tertiary/aromatic N) is 1. The zero-order valence-electron chi connectivity index (χ0n) is 19.1. The number of aromatic nitrogens is 1. The van der Waals surface area contributed by atoms with Crippen LogP contribution >= 0.6 is 11.6 Å². The third-order valence-corrected chi connectivity index (χ3v) is 5.26. The second-order valence-electron chi connectivity index (χ2n) is 8.51. The summed E-state index contributed by atoms with van der Waals surface area (Å²) in [5, 5.41) is 6.36. The van der Waals surface area contributed by atoms with Crippen LogP contribution in [0.2, 0.25) is 5.02 Å². The SMILES string of the molecule is CC(C)(CNc1ncc(/C=C/C(=O)NOC2CCCCO2)cc1Cl)NC(=O)c1ccc(F)cc1. The van der Waals surface area contributed by atoms with Crippen LogP contribution in [0.1, 0.15) is 49.0 Å². The highest BCUT2D eigenvalue weighted by Crippen LogP contribution is 2.21. The predicted octanol–water partition coefficient (Wildman–Crippen LogP) is 4.08. The molecular formula is C24H28ClFN4O4. The molecule has 1 aromatic heterocycles. The maximum Gasteiger partial charge on any atom is 0.267 e. The summed E-state index contributed by atoms with van der Waals surface area (Å²) >= 11 is 6.33. The number of anilines is 1. The summed E-state index contributed by atoms with van der Waals surface area (Å²) in [7, 11) is 0. The second-order valence-corrected chi connectivity index (χ2v) is 8.92. The molecule has 0 aliphatic carbocycles. The van der Waals surface area contributed by atoms with E-state index in [0.29, 0.717) is 35.1 Å². The quantitative estimate of drug-likeness (QED) is 0.361. The molecule has 2 amide bonds. The van der Waals surface area contributed by atoms with Crippen LogP contribution in [-0.2, 0) is 14.4 Å². The molecule has 8 nitrogen and oxygen atoms in total. The van der Waals surface area contributed by atoms with Crippen LogP contribution in [0.4, 0.5) is 10.2 Å². The van der Waals surface area contributed by atoms with Gasteiger partial charge in [0.15, 0.2) is 6.29 Å². The molecule has 1 atom stereocenters. The average Bonchev–Trinajstić information content (AvgIpc) is 2.81. The van der Waals surface area contributed by atoms with E-state index in [1.165, 1.54) is 30.3 Å².